The van der Waals surface area contributed by atoms with Crippen LogP contribution >= 0.6 is 23.5 Å². The number of aliphatic carboxylic acids is 2. The van der Waals surface area contributed by atoms with Crippen LogP contribution in [0.15, 0.2) is 110 Å². The second-order valence-electron chi connectivity index (χ2n) is 30.6. The van der Waals surface area contributed by atoms with E-state index in [4.69, 9.17) is 15.6 Å². The number of nitrogens with two attached hydrogens (primary N) is 1. The molecule has 2 aliphatic rings. The number of hydrogen-bond donors (Lipinski definition) is 18. The number of nitrogens with one attached hydrogen (secondary N) is 13. The molecule has 1 fully saturated rings. The second-order valence-corrected chi connectivity index (χ2v) is 32.8. The van der Waals surface area contributed by atoms with Crippen molar-refractivity contribution >= 4 is 117 Å². The van der Waals surface area contributed by atoms with Gasteiger partial charge in [-0.2, -0.15) is 36.7 Å². The molecule has 0 spiro atoms. The Bertz CT molecular complexity index is 4630. The zero-order chi connectivity index (χ0) is 89.2. The van der Waals surface area contributed by atoms with Gasteiger partial charge >= 0.3 is 12.1 Å². The number of aliphatic hydroxyl groups excluding tert-OH is 2. The number of carboxylic acid groups (broad SMARTS) is 2. The highest BCUT2D eigenvalue weighted by Gasteiger charge is 2.50. The molecule has 36 nitrogen and oxygen atoms in total. The Labute approximate surface area is 702 Å². The van der Waals surface area contributed by atoms with Crippen LogP contribution in [0.1, 0.15) is 127 Å². The molecule has 0 unspecified atom stereocenters. The number of primary amides is 1. The van der Waals surface area contributed by atoms with Crippen molar-refractivity contribution in [2.45, 2.75) is 215 Å². The predicted octanol–water partition coefficient (Wildman–Crippen LogP) is -0.557. The van der Waals surface area contributed by atoms with Crippen molar-refractivity contribution in [1.29, 1.82) is 0 Å². The van der Waals surface area contributed by atoms with Gasteiger partial charge in [-0.1, -0.05) is 82.6 Å². The molecule has 41 heteroatoms. The lowest BCUT2D eigenvalue weighted by Gasteiger charge is -2.38. The van der Waals surface area contributed by atoms with Gasteiger partial charge in [-0.05, 0) is 116 Å². The number of fused-ring (bicyclic) bond motifs is 4. The number of phenols is 2. The lowest BCUT2D eigenvalue weighted by Crippen LogP contribution is -2.65. The minimum atomic E-state index is -5.19. The summed E-state index contributed by atoms with van der Waals surface area (Å²) in [5.74, 6) is -14.7. The fourth-order valence-electron chi connectivity index (χ4n) is 13.2. The molecule has 3 aromatic heterocycles. The number of alkyl halides is 3. The maximum absolute atomic E-state index is 15.3. The van der Waals surface area contributed by atoms with Crippen LogP contribution in [0.2, 0.25) is 0 Å². The summed E-state index contributed by atoms with van der Waals surface area (Å²) in [5.41, 5.74) is 6.79. The molecule has 13 atom stereocenters. The summed E-state index contributed by atoms with van der Waals surface area (Å²) < 4.78 is 31.5. The molecule has 1 saturated heterocycles. The van der Waals surface area contributed by atoms with Crippen LogP contribution < -0.4 is 69.0 Å². The van der Waals surface area contributed by atoms with Gasteiger partial charge in [0.15, 0.2) is 0 Å². The van der Waals surface area contributed by atoms with Crippen LogP contribution in [0, 0.1) is 5.41 Å². The van der Waals surface area contributed by atoms with Gasteiger partial charge in [-0.3, -0.25) is 67.3 Å². The molecule has 12 amide bonds. The molecule has 2 bridgehead atoms. The van der Waals surface area contributed by atoms with Gasteiger partial charge in [0.25, 0.3) is 0 Å². The number of H-pyrrole nitrogens is 3. The summed E-state index contributed by atoms with van der Waals surface area (Å²) in [6.07, 6.45) is -4.76. The molecule has 3 aromatic carbocycles. The van der Waals surface area contributed by atoms with Gasteiger partial charge < -0.3 is 104 Å². The second kappa shape index (κ2) is 44.4. The Hall–Kier alpha value is -11.9. The molecule has 8 rings (SSSR count). The number of hydrogen-bond acceptors (Lipinski definition) is 22. The van der Waals surface area contributed by atoms with Gasteiger partial charge in [0.1, 0.15) is 101 Å². The highest BCUT2D eigenvalue weighted by atomic mass is 32.2. The molecule has 6 aromatic rings. The monoisotopic (exact) mass is 1730 g/mol. The maximum Gasteiger partial charge on any atom is 0.430 e. The largest absolute Gasteiger partial charge is 0.542 e. The van der Waals surface area contributed by atoms with Gasteiger partial charge in [0, 0.05) is 85.9 Å². The van der Waals surface area contributed by atoms with Crippen LogP contribution in [0.3, 0.4) is 0 Å². The van der Waals surface area contributed by atoms with Crippen LogP contribution in [0.4, 0.5) is 13.2 Å². The average molecular weight is 1730 g/mol. The van der Waals surface area contributed by atoms with Crippen molar-refractivity contribution in [3.63, 3.8) is 0 Å². The highest BCUT2D eigenvalue weighted by Crippen LogP contribution is 2.32. The van der Waals surface area contributed by atoms with Crippen molar-refractivity contribution in [2.75, 3.05) is 18.1 Å². The van der Waals surface area contributed by atoms with Crippen molar-refractivity contribution < 1.29 is 116 Å². The number of nitrogens with zero attached hydrogens (tertiary/aromatic N) is 2. The Morgan fingerprint density at radius 2 is 1.16 bits per heavy atom. The van der Waals surface area contributed by atoms with Crippen molar-refractivity contribution in [3.05, 3.63) is 143 Å². The Kier molecular flexibility index (Phi) is 35.4. The quantitative estimate of drug-likeness (QED) is 0.0578. The van der Waals surface area contributed by atoms with Crippen molar-refractivity contribution in [2.24, 2.45) is 11.1 Å². The third-order valence-corrected chi connectivity index (χ3v) is 22.0. The Morgan fingerprint density at radius 3 is 1.71 bits per heavy atom. The van der Waals surface area contributed by atoms with Gasteiger partial charge in [-0.15, -0.1) is 0 Å². The fourth-order valence-corrected chi connectivity index (χ4v) is 15.2. The zero-order valence-corrected chi connectivity index (χ0v) is 69.0. The van der Waals surface area contributed by atoms with E-state index in [0.717, 1.165) is 11.1 Å². The first-order valence-corrected chi connectivity index (χ1v) is 41.1. The molecule has 121 heavy (non-hydrogen) atoms. The number of thioether (sulfide) groups is 2. The number of imidazole rings is 1. The van der Waals surface area contributed by atoms with Crippen LogP contribution in [-0.4, -0.2) is 231 Å². The van der Waals surface area contributed by atoms with Gasteiger partial charge in [0.05, 0.1) is 12.2 Å². The van der Waals surface area contributed by atoms with E-state index in [2.05, 4.69) is 73.1 Å². The number of aliphatic hydroxyl groups is 2. The lowest BCUT2D eigenvalue weighted by molar-refractivity contribution is -0.387. The molecule has 0 radical (unpaired) electrons. The predicted molar refractivity (Wildman–Crippen MR) is 431 cm³/mol. The Morgan fingerprint density at radius 1 is 0.645 bits per heavy atom. The number of carboxylic acids is 2. The van der Waals surface area contributed by atoms with E-state index in [0.29, 0.717) is 50.7 Å². The molecular weight excluding hydrogens is 1630 g/mol. The molecule has 5 heterocycles. The first-order valence-electron chi connectivity index (χ1n) is 38.8. The first kappa shape index (κ1) is 96.3. The number of phenolic OH excluding ortho intramolecular Hbond substituents is 2. The third kappa shape index (κ3) is 29.0. The van der Waals surface area contributed by atoms with Crippen LogP contribution in [0.25, 0.3) is 11.0 Å². The zero-order valence-electron chi connectivity index (χ0n) is 67.4. The van der Waals surface area contributed by atoms with Gasteiger partial charge in [-0.25, -0.2) is 9.97 Å². The number of rotatable bonds is 16. The van der Waals surface area contributed by atoms with Crippen molar-refractivity contribution in [1.82, 2.24) is 73.0 Å². The van der Waals surface area contributed by atoms with E-state index in [-0.39, 0.29) is 81.6 Å². The average Bonchev–Trinajstić information content (AvgIpc) is 1.59. The van der Waals surface area contributed by atoms with E-state index in [1.807, 2.05) is 24.3 Å². The Balaban J connectivity index is 0.00000275. The first-order chi connectivity index (χ1) is 57.0. The molecule has 656 valence electrons. The lowest BCUT2D eigenvalue weighted by atomic mass is 9.85. The summed E-state index contributed by atoms with van der Waals surface area (Å²) in [7, 11) is 0. The van der Waals surface area contributed by atoms with E-state index in [1.54, 1.807) is 39.8 Å². The maximum atomic E-state index is 15.3. The minimum absolute atomic E-state index is 0.000392. The number of aromatic amines is 3. The number of benzene rings is 3. The molecule has 0 saturated carbocycles. The van der Waals surface area contributed by atoms with Gasteiger partial charge in [0.2, 0.25) is 77.2 Å². The number of aromatic nitrogens is 4. The van der Waals surface area contributed by atoms with Crippen LogP contribution in [0.5, 0.6) is 11.5 Å². The SMILES string of the molecule is CCC[C@@H]1NC(=O)[C@H](Cc2c[nH]c3ncccc23)NC(=O)[C@H]([C@@H](C)O)NC(=O)[C@H](Cc2c[nH]c[nH+]2)NC(=O)[C@H](Cc2ccc(O)cc2)NC(=O)[C@H](C(C)(C)C)NC(=O)CCSCc2cccc(c2)CSC[C@@H](C(N)=O)NC(=O)[C@H]([C@@H](C)O)NC(=O)[C@]2(C)CCCN2C(=O)[C@H](Cc2ccc(O)cc2)NC(=O)[C@H](CCC(=O)O)NC1=O.O=C([O-])C(F)(F)F. The number of aromatic hydroxyl groups is 2. The molecule has 2 aliphatic heterocycles. The topological polar surface area (TPSA) is 571 Å². The third-order valence-electron chi connectivity index (χ3n) is 19.9. The summed E-state index contributed by atoms with van der Waals surface area (Å²) in [5, 5.41) is 88.8. The van der Waals surface area contributed by atoms with Crippen molar-refractivity contribution in [3.8, 4) is 11.5 Å². The normalized spacial score (nSPS) is 23.9. The smallest absolute Gasteiger partial charge is 0.430 e. The minimum Gasteiger partial charge on any atom is -0.542 e. The molecular formula is C80H103F3N16O20S2. The van der Waals surface area contributed by atoms with E-state index < -0.39 is 185 Å². The standard InChI is InChI=1S/C78H102N16O18S2.C2HF3O2/c1-8-12-53-67(103)85-54(24-25-61(100)101)68(104)89-58(33-45-18-22-51(98)23-19-45)75(111)94-29-11-27-78(94,7)76(112)93-63(43(3)96)73(109)90-59(65(79)102)40-114-39-47-14-9-13-46(31-47)38-113-30-26-60(99)91-64(77(4,5)6)74(110)88-55(32-44-16-20-50(97)21-17-44)69(105)86-57(35-49-37-80-41-83-49)71(107)92-62(42(2)95)72(108)87-56(70(106)84-53)34-48-36-82-66-52(48)15-10-28-81-66;3-2(4,5)1(6)7/h9-10,13-23,28,31,36-37,41-43,53-59,62-64,95-98H,8,11-12,24-27,29-30,32-35,38-40H2,1-7H3,(H2,79,102)(H,80,83)(H,81,82)(H,84,106)(H,85,103)(H,86,105)(H,87,108)(H,88,110)(H,89,104)(H,90,109)(H,91,99)(H,92,107)(H,93,112)(H,100,101);(H,6,7)/t42-,43-,53+,54+,55+,56+,57+,58+,59+,62+,63+,64-,78+;/m1./s1. The number of carbonyl (C=O) groups excluding carboxylic acids is 13. The molecule has 20 N–H and O–H groups in total. The number of amides is 12. The summed E-state index contributed by atoms with van der Waals surface area (Å²) in [4.78, 5) is 211. The van der Waals surface area contributed by atoms with Crippen LogP contribution in [-0.2, 0) is 104 Å². The summed E-state index contributed by atoms with van der Waals surface area (Å²) in [6.45, 7) is 10.6. The van der Waals surface area contributed by atoms with E-state index in [9.17, 15) is 91.4 Å². The number of carbonyl (C=O) groups is 14. The highest BCUT2D eigenvalue weighted by molar-refractivity contribution is 7.98. The summed E-state index contributed by atoms with van der Waals surface area (Å²) in [6, 6.07) is 6.35. The number of pyridine rings is 1. The van der Waals surface area contributed by atoms with E-state index >= 15 is 9.59 Å². The fraction of sp³-hybridized carbons (Fsp3) is 0.475. The molecule has 0 aliphatic carbocycles. The number of halogens is 3. The van der Waals surface area contributed by atoms with E-state index in [1.165, 1.54) is 123 Å². The summed E-state index contributed by atoms with van der Waals surface area (Å²) >= 11 is 2.69.